The summed E-state index contributed by atoms with van der Waals surface area (Å²) in [5.74, 6) is 2.40. The molecule has 1 heterocycles. The highest BCUT2D eigenvalue weighted by Crippen LogP contribution is 2.12. The van der Waals surface area contributed by atoms with Crippen LogP contribution in [0.1, 0.15) is 32.2 Å². The molecule has 0 radical (unpaired) electrons. The summed E-state index contributed by atoms with van der Waals surface area (Å²) in [6.45, 7) is 9.53. The molecular formula is C19H29ClN6. The molecule has 0 aliphatic rings. The number of aryl methyl sites for hydroxylation is 1. The van der Waals surface area contributed by atoms with E-state index in [0.717, 1.165) is 55.0 Å². The third-order valence-corrected chi connectivity index (χ3v) is 4.16. The van der Waals surface area contributed by atoms with Gasteiger partial charge in [-0.2, -0.15) is 0 Å². The first-order valence-corrected chi connectivity index (χ1v) is 9.48. The van der Waals surface area contributed by atoms with Crippen molar-refractivity contribution in [3.63, 3.8) is 0 Å². The van der Waals surface area contributed by atoms with Crippen LogP contribution in [0.4, 0.5) is 0 Å². The van der Waals surface area contributed by atoms with Crippen molar-refractivity contribution in [2.24, 2.45) is 10.9 Å². The van der Waals surface area contributed by atoms with Crippen LogP contribution in [0.25, 0.3) is 0 Å². The zero-order valence-electron chi connectivity index (χ0n) is 16.1. The molecule has 0 atom stereocenters. The number of hydrogen-bond donors (Lipinski definition) is 1. The lowest BCUT2D eigenvalue weighted by atomic mass is 10.2. The summed E-state index contributed by atoms with van der Waals surface area (Å²) in [4.78, 5) is 6.89. The Morgan fingerprint density at radius 2 is 2.19 bits per heavy atom. The fraction of sp³-hybridized carbons (Fsp3) is 0.526. The predicted octanol–water partition coefficient (Wildman–Crippen LogP) is 3.23. The molecule has 1 aromatic carbocycles. The second-order valence-electron chi connectivity index (χ2n) is 6.77. The van der Waals surface area contributed by atoms with Gasteiger partial charge < -0.3 is 14.8 Å². The number of nitrogens with one attached hydrogen (secondary N) is 1. The first kappa shape index (κ1) is 20.2. The summed E-state index contributed by atoms with van der Waals surface area (Å²) in [5.41, 5.74) is 1.16. The summed E-state index contributed by atoms with van der Waals surface area (Å²) in [6.07, 6.45) is 2.66. The zero-order valence-corrected chi connectivity index (χ0v) is 16.9. The zero-order chi connectivity index (χ0) is 18.9. The van der Waals surface area contributed by atoms with Crippen molar-refractivity contribution < 1.29 is 0 Å². The van der Waals surface area contributed by atoms with Gasteiger partial charge in [-0.1, -0.05) is 44.5 Å². The molecule has 0 unspecified atom stereocenters. The van der Waals surface area contributed by atoms with Gasteiger partial charge in [-0.25, -0.2) is 0 Å². The Bertz CT molecular complexity index is 710. The fourth-order valence-corrected chi connectivity index (χ4v) is 2.81. The van der Waals surface area contributed by atoms with Gasteiger partial charge in [-0.05, 0) is 23.6 Å². The molecule has 0 bridgehead atoms. The van der Waals surface area contributed by atoms with Gasteiger partial charge in [-0.15, -0.1) is 10.2 Å². The molecule has 26 heavy (non-hydrogen) atoms. The second kappa shape index (κ2) is 10.2. The third kappa shape index (κ3) is 6.33. The van der Waals surface area contributed by atoms with Crippen LogP contribution in [-0.2, 0) is 19.5 Å². The Balaban J connectivity index is 1.99. The van der Waals surface area contributed by atoms with E-state index in [4.69, 9.17) is 16.6 Å². The summed E-state index contributed by atoms with van der Waals surface area (Å²) in [6, 6.07) is 7.93. The molecule has 0 saturated heterocycles. The number of rotatable bonds is 8. The number of halogens is 1. The molecule has 0 aliphatic carbocycles. The maximum Gasteiger partial charge on any atom is 0.194 e. The molecule has 7 heteroatoms. The molecule has 0 saturated carbocycles. The van der Waals surface area contributed by atoms with E-state index in [9.17, 15) is 0 Å². The highest BCUT2D eigenvalue weighted by Gasteiger charge is 2.09. The maximum atomic E-state index is 6.10. The lowest BCUT2D eigenvalue weighted by molar-refractivity contribution is 0.467. The van der Waals surface area contributed by atoms with E-state index in [1.54, 1.807) is 6.33 Å². The number of benzene rings is 1. The van der Waals surface area contributed by atoms with Crippen molar-refractivity contribution in [1.29, 1.82) is 0 Å². The molecule has 142 valence electrons. The minimum Gasteiger partial charge on any atom is -0.354 e. The molecule has 0 aliphatic heterocycles. The minimum atomic E-state index is 0.510. The standard InChI is InChI=1S/C19H29ClN6/c1-5-18-24-23-14-26(18)10-9-21-19(22-12-15(2)3)25(4)13-16-7-6-8-17(20)11-16/h6-8,11,14-15H,5,9-10,12-13H2,1-4H3,(H,21,22). The van der Waals surface area contributed by atoms with Crippen molar-refractivity contribution >= 4 is 17.6 Å². The van der Waals surface area contributed by atoms with Crippen LogP contribution in [-0.4, -0.2) is 45.8 Å². The van der Waals surface area contributed by atoms with E-state index < -0.39 is 0 Å². The van der Waals surface area contributed by atoms with Gasteiger partial charge in [0.15, 0.2) is 5.96 Å². The van der Waals surface area contributed by atoms with Crippen LogP contribution in [0.2, 0.25) is 5.02 Å². The Morgan fingerprint density at radius 1 is 1.38 bits per heavy atom. The van der Waals surface area contributed by atoms with Gasteiger partial charge >= 0.3 is 0 Å². The Labute approximate surface area is 161 Å². The smallest absolute Gasteiger partial charge is 0.194 e. The summed E-state index contributed by atoms with van der Waals surface area (Å²) < 4.78 is 2.07. The minimum absolute atomic E-state index is 0.510. The lowest BCUT2D eigenvalue weighted by Crippen LogP contribution is -2.40. The average molecular weight is 377 g/mol. The SMILES string of the molecule is CCc1nncn1CCNC(=NCC(C)C)N(C)Cc1cccc(Cl)c1. The number of nitrogens with zero attached hydrogens (tertiary/aromatic N) is 5. The van der Waals surface area contributed by atoms with E-state index in [-0.39, 0.29) is 0 Å². The Hall–Kier alpha value is -2.08. The lowest BCUT2D eigenvalue weighted by Gasteiger charge is -2.23. The van der Waals surface area contributed by atoms with Crippen LogP contribution in [0.5, 0.6) is 0 Å². The normalized spacial score (nSPS) is 11.8. The van der Waals surface area contributed by atoms with Crippen LogP contribution >= 0.6 is 11.6 Å². The maximum absolute atomic E-state index is 6.10. The third-order valence-electron chi connectivity index (χ3n) is 3.92. The highest BCUT2D eigenvalue weighted by atomic mass is 35.5. The van der Waals surface area contributed by atoms with Gasteiger partial charge in [0.1, 0.15) is 12.2 Å². The molecule has 1 N–H and O–H groups in total. The molecular weight excluding hydrogens is 348 g/mol. The van der Waals surface area contributed by atoms with Crippen LogP contribution in [0.15, 0.2) is 35.6 Å². The van der Waals surface area contributed by atoms with E-state index in [2.05, 4.69) is 51.8 Å². The van der Waals surface area contributed by atoms with Gasteiger partial charge in [-0.3, -0.25) is 4.99 Å². The average Bonchev–Trinajstić information content (AvgIpc) is 3.05. The van der Waals surface area contributed by atoms with Gasteiger partial charge in [0.25, 0.3) is 0 Å². The number of aliphatic imine (C=N–C) groups is 1. The quantitative estimate of drug-likeness (QED) is 0.567. The monoisotopic (exact) mass is 376 g/mol. The molecule has 0 amide bonds. The second-order valence-corrected chi connectivity index (χ2v) is 7.20. The van der Waals surface area contributed by atoms with Crippen LogP contribution in [0.3, 0.4) is 0 Å². The van der Waals surface area contributed by atoms with Crippen LogP contribution in [0, 0.1) is 5.92 Å². The number of hydrogen-bond acceptors (Lipinski definition) is 3. The first-order valence-electron chi connectivity index (χ1n) is 9.10. The highest BCUT2D eigenvalue weighted by molar-refractivity contribution is 6.30. The van der Waals surface area contributed by atoms with Crippen molar-refractivity contribution in [2.45, 2.75) is 40.3 Å². The summed E-state index contributed by atoms with van der Waals surface area (Å²) in [7, 11) is 2.04. The number of aromatic nitrogens is 3. The fourth-order valence-electron chi connectivity index (χ4n) is 2.59. The van der Waals surface area contributed by atoms with E-state index in [1.165, 1.54) is 0 Å². The van der Waals surface area contributed by atoms with Gasteiger partial charge in [0.2, 0.25) is 0 Å². The Morgan fingerprint density at radius 3 is 2.88 bits per heavy atom. The van der Waals surface area contributed by atoms with Crippen molar-refractivity contribution in [1.82, 2.24) is 25.0 Å². The summed E-state index contributed by atoms with van der Waals surface area (Å²) >= 11 is 6.10. The van der Waals surface area contributed by atoms with Crippen molar-refractivity contribution in [2.75, 3.05) is 20.1 Å². The van der Waals surface area contributed by atoms with Gasteiger partial charge in [0, 0.05) is 44.7 Å². The van der Waals surface area contributed by atoms with Gasteiger partial charge in [0.05, 0.1) is 0 Å². The predicted molar refractivity (Wildman–Crippen MR) is 107 cm³/mol. The largest absolute Gasteiger partial charge is 0.354 e. The molecule has 2 aromatic rings. The topological polar surface area (TPSA) is 58.3 Å². The Kier molecular flexibility index (Phi) is 7.91. The molecule has 0 fully saturated rings. The molecule has 2 rings (SSSR count). The van der Waals surface area contributed by atoms with Crippen molar-refractivity contribution in [3.05, 3.63) is 47.0 Å². The molecule has 1 aromatic heterocycles. The van der Waals surface area contributed by atoms with E-state index >= 15 is 0 Å². The van der Waals surface area contributed by atoms with Crippen molar-refractivity contribution in [3.8, 4) is 0 Å². The molecule has 6 nitrogen and oxygen atoms in total. The van der Waals surface area contributed by atoms with Crippen LogP contribution < -0.4 is 5.32 Å². The van der Waals surface area contributed by atoms with E-state index in [1.807, 2.05) is 25.2 Å². The summed E-state index contributed by atoms with van der Waals surface area (Å²) in [5, 5.41) is 12.3. The molecule has 0 spiro atoms. The number of guanidine groups is 1. The van der Waals surface area contributed by atoms with E-state index in [0.29, 0.717) is 5.92 Å². The first-order chi connectivity index (χ1) is 12.5.